The number of nitrogens with zero attached hydrogens (tertiary/aromatic N) is 4. The molecule has 2 aromatic rings. The van der Waals surface area contributed by atoms with Gasteiger partial charge < -0.3 is 9.26 Å². The molecule has 2 aromatic heterocycles. The van der Waals surface area contributed by atoms with E-state index in [0.717, 1.165) is 5.69 Å². The SMILES string of the molecule is CCC1OC(n2cnc3c(C)ncnc32)C(OPC)[C@H]1F. The summed E-state index contributed by atoms with van der Waals surface area (Å²) in [6.07, 6.45) is 0.918. The summed E-state index contributed by atoms with van der Waals surface area (Å²) < 4.78 is 27.6. The Kier molecular flexibility index (Phi) is 4.15. The van der Waals surface area contributed by atoms with Crippen LogP contribution in [0.4, 0.5) is 4.39 Å². The Morgan fingerprint density at radius 3 is 2.95 bits per heavy atom. The number of ether oxygens (including phenoxy) is 1. The minimum absolute atomic E-state index is 0.197. The number of imidazole rings is 1. The van der Waals surface area contributed by atoms with Crippen molar-refractivity contribution in [2.45, 2.75) is 44.9 Å². The van der Waals surface area contributed by atoms with Gasteiger partial charge in [-0.3, -0.25) is 4.57 Å². The monoisotopic (exact) mass is 312 g/mol. The molecule has 5 atom stereocenters. The van der Waals surface area contributed by atoms with Crippen molar-refractivity contribution in [3.8, 4) is 0 Å². The van der Waals surface area contributed by atoms with E-state index in [1.807, 2.05) is 20.5 Å². The van der Waals surface area contributed by atoms with Crippen molar-refractivity contribution >= 4 is 20.0 Å². The highest BCUT2D eigenvalue weighted by Crippen LogP contribution is 2.38. The average Bonchev–Trinajstić information content (AvgIpc) is 3.03. The highest BCUT2D eigenvalue weighted by molar-refractivity contribution is 7.31. The molecule has 0 aliphatic carbocycles. The van der Waals surface area contributed by atoms with Gasteiger partial charge in [-0.25, -0.2) is 19.3 Å². The fourth-order valence-corrected chi connectivity index (χ4v) is 3.18. The number of rotatable bonds is 4. The van der Waals surface area contributed by atoms with Crippen LogP contribution in [0.25, 0.3) is 11.2 Å². The molecule has 1 saturated heterocycles. The van der Waals surface area contributed by atoms with Crippen molar-refractivity contribution < 1.29 is 13.7 Å². The molecular weight excluding hydrogens is 294 g/mol. The predicted molar refractivity (Wildman–Crippen MR) is 78.3 cm³/mol. The van der Waals surface area contributed by atoms with Crippen LogP contribution in [-0.2, 0) is 9.26 Å². The van der Waals surface area contributed by atoms with Crippen molar-refractivity contribution in [1.82, 2.24) is 19.5 Å². The molecule has 8 heteroatoms. The van der Waals surface area contributed by atoms with E-state index in [4.69, 9.17) is 9.26 Å². The lowest BCUT2D eigenvalue weighted by molar-refractivity contribution is -0.0269. The average molecular weight is 312 g/mol. The lowest BCUT2D eigenvalue weighted by atomic mass is 10.1. The quantitative estimate of drug-likeness (QED) is 0.811. The molecule has 1 fully saturated rings. The van der Waals surface area contributed by atoms with Crippen LogP contribution in [0.3, 0.4) is 0 Å². The normalized spacial score (nSPS) is 29.9. The standard InChI is InChI=1S/C13H18FN4O2P/c1-4-8-9(14)11(20-21-3)13(19-8)18-6-17-10-7(2)15-5-16-12(10)18/h5-6,8-9,11,13,21H,4H2,1-3H3/t8?,9-,11?,13?/m0/s1. The molecule has 4 unspecified atom stereocenters. The van der Waals surface area contributed by atoms with Crippen molar-refractivity contribution in [3.05, 3.63) is 18.3 Å². The summed E-state index contributed by atoms with van der Waals surface area (Å²) in [6.45, 7) is 5.65. The van der Waals surface area contributed by atoms with E-state index in [9.17, 15) is 4.39 Å². The van der Waals surface area contributed by atoms with Crippen LogP contribution in [0.15, 0.2) is 12.7 Å². The molecule has 0 N–H and O–H groups in total. The lowest BCUT2D eigenvalue weighted by Gasteiger charge is -2.20. The van der Waals surface area contributed by atoms with E-state index < -0.39 is 24.6 Å². The van der Waals surface area contributed by atoms with Gasteiger partial charge in [0.05, 0.1) is 18.1 Å². The van der Waals surface area contributed by atoms with E-state index >= 15 is 0 Å². The summed E-state index contributed by atoms with van der Waals surface area (Å²) in [5, 5.41) is 0. The van der Waals surface area contributed by atoms with E-state index in [0.29, 0.717) is 17.6 Å². The minimum atomic E-state index is -1.15. The van der Waals surface area contributed by atoms with Gasteiger partial charge in [-0.2, -0.15) is 0 Å². The first-order chi connectivity index (χ1) is 10.2. The number of aromatic nitrogens is 4. The third kappa shape index (κ3) is 2.43. The highest BCUT2D eigenvalue weighted by atomic mass is 31.1. The fraction of sp³-hybridized carbons (Fsp3) is 0.615. The van der Waals surface area contributed by atoms with Crippen LogP contribution in [-0.4, -0.2) is 44.6 Å². The van der Waals surface area contributed by atoms with Gasteiger partial charge in [-0.1, -0.05) is 6.92 Å². The van der Waals surface area contributed by atoms with Crippen LogP contribution >= 0.6 is 8.81 Å². The van der Waals surface area contributed by atoms with Crippen molar-refractivity contribution in [3.63, 3.8) is 0 Å². The molecule has 3 heterocycles. The summed E-state index contributed by atoms with van der Waals surface area (Å²) in [5.74, 6) is 0. The number of hydrogen-bond donors (Lipinski definition) is 0. The van der Waals surface area contributed by atoms with Gasteiger partial charge in [0, 0.05) is 8.81 Å². The molecule has 1 aliphatic rings. The Morgan fingerprint density at radius 2 is 2.24 bits per heavy atom. The van der Waals surface area contributed by atoms with E-state index in [1.54, 1.807) is 10.9 Å². The summed E-state index contributed by atoms with van der Waals surface area (Å²) in [4.78, 5) is 12.7. The second kappa shape index (κ2) is 5.91. The third-order valence-electron chi connectivity index (χ3n) is 3.74. The number of alkyl halides is 1. The van der Waals surface area contributed by atoms with Crippen LogP contribution in [0.1, 0.15) is 25.3 Å². The first-order valence-electron chi connectivity index (χ1n) is 6.93. The van der Waals surface area contributed by atoms with Crippen molar-refractivity contribution in [2.24, 2.45) is 0 Å². The van der Waals surface area contributed by atoms with Gasteiger partial charge in [0.2, 0.25) is 0 Å². The summed E-state index contributed by atoms with van der Waals surface area (Å²) >= 11 is 0. The molecule has 1 aliphatic heterocycles. The maximum absolute atomic E-state index is 14.4. The van der Waals surface area contributed by atoms with Gasteiger partial charge in [-0.15, -0.1) is 0 Å². The van der Waals surface area contributed by atoms with Gasteiger partial charge >= 0.3 is 0 Å². The van der Waals surface area contributed by atoms with Gasteiger partial charge in [-0.05, 0) is 20.0 Å². The Hall–Kier alpha value is -1.17. The molecule has 0 saturated carbocycles. The zero-order valence-electron chi connectivity index (χ0n) is 12.2. The highest BCUT2D eigenvalue weighted by Gasteiger charge is 2.46. The number of halogens is 1. The lowest BCUT2D eigenvalue weighted by Crippen LogP contribution is -2.28. The third-order valence-corrected chi connectivity index (χ3v) is 4.24. The molecule has 3 rings (SSSR count). The van der Waals surface area contributed by atoms with Crippen LogP contribution in [0, 0.1) is 6.92 Å². The molecule has 0 bridgehead atoms. The maximum atomic E-state index is 14.4. The Labute approximate surface area is 123 Å². The van der Waals surface area contributed by atoms with Gasteiger partial charge in [0.1, 0.15) is 17.9 Å². The zero-order chi connectivity index (χ0) is 15.0. The van der Waals surface area contributed by atoms with Gasteiger partial charge in [0.15, 0.2) is 18.0 Å². The minimum Gasteiger partial charge on any atom is -0.352 e. The Morgan fingerprint density at radius 1 is 1.43 bits per heavy atom. The van der Waals surface area contributed by atoms with E-state index in [1.165, 1.54) is 6.33 Å². The van der Waals surface area contributed by atoms with Crippen molar-refractivity contribution in [1.29, 1.82) is 0 Å². The zero-order valence-corrected chi connectivity index (χ0v) is 13.2. The number of aryl methyl sites for hydroxylation is 1. The van der Waals surface area contributed by atoms with E-state index in [2.05, 4.69) is 15.0 Å². The molecule has 0 radical (unpaired) electrons. The Balaban J connectivity index is 2.02. The molecule has 0 aromatic carbocycles. The topological polar surface area (TPSA) is 62.1 Å². The second-order valence-corrected chi connectivity index (χ2v) is 5.63. The van der Waals surface area contributed by atoms with Crippen LogP contribution in [0.5, 0.6) is 0 Å². The first kappa shape index (κ1) is 14.8. The number of fused-ring (bicyclic) bond motifs is 1. The fourth-order valence-electron chi connectivity index (χ4n) is 2.66. The summed E-state index contributed by atoms with van der Waals surface area (Å²) in [7, 11) is 0.197. The number of hydrogen-bond acceptors (Lipinski definition) is 5. The predicted octanol–water partition coefficient (Wildman–Crippen LogP) is 2.39. The first-order valence-corrected chi connectivity index (χ1v) is 8.34. The van der Waals surface area contributed by atoms with E-state index in [-0.39, 0.29) is 8.81 Å². The van der Waals surface area contributed by atoms with Gasteiger partial charge in [0.25, 0.3) is 0 Å². The maximum Gasteiger partial charge on any atom is 0.166 e. The van der Waals surface area contributed by atoms with Crippen LogP contribution in [0.2, 0.25) is 0 Å². The van der Waals surface area contributed by atoms with Crippen molar-refractivity contribution in [2.75, 3.05) is 6.66 Å². The van der Waals surface area contributed by atoms with Crippen LogP contribution < -0.4 is 0 Å². The molecule has 6 nitrogen and oxygen atoms in total. The molecule has 114 valence electrons. The molecule has 0 amide bonds. The molecule has 0 spiro atoms. The summed E-state index contributed by atoms with van der Waals surface area (Å²) in [5.41, 5.74) is 2.13. The largest absolute Gasteiger partial charge is 0.352 e. The summed E-state index contributed by atoms with van der Waals surface area (Å²) in [6, 6.07) is 0. The molecule has 21 heavy (non-hydrogen) atoms. The smallest absolute Gasteiger partial charge is 0.166 e. The molecular formula is C13H18FN4O2P. The second-order valence-electron chi connectivity index (χ2n) is 4.99. The Bertz CT molecular complexity index is 638.